The molecule has 2 unspecified atom stereocenters. The topological polar surface area (TPSA) is 68.8 Å². The smallest absolute Gasteiger partial charge is 0.294 e. The third-order valence-electron chi connectivity index (χ3n) is 6.66. The molecule has 160 valence electrons. The van der Waals surface area contributed by atoms with Gasteiger partial charge in [-0.05, 0) is 37.8 Å². The monoisotopic (exact) mass is 424 g/mol. The van der Waals surface area contributed by atoms with Crippen molar-refractivity contribution in [3.63, 3.8) is 0 Å². The van der Waals surface area contributed by atoms with E-state index in [-0.39, 0.29) is 23.8 Å². The molecule has 4 heterocycles. The highest BCUT2D eigenvalue weighted by molar-refractivity contribution is 5.91. The van der Waals surface area contributed by atoms with Crippen LogP contribution in [0.2, 0.25) is 0 Å². The number of nitrogens with zero attached hydrogens (tertiary/aromatic N) is 6. The molecule has 1 amide bonds. The highest BCUT2D eigenvalue weighted by Gasteiger charge is 2.44. The van der Waals surface area contributed by atoms with Crippen molar-refractivity contribution in [2.24, 2.45) is 7.05 Å². The number of aromatic nitrogens is 5. The van der Waals surface area contributed by atoms with Crippen LogP contribution in [-0.4, -0.2) is 41.4 Å². The van der Waals surface area contributed by atoms with Crippen LogP contribution in [-0.2, 0) is 13.5 Å². The zero-order valence-electron chi connectivity index (χ0n) is 17.9. The normalized spacial score (nSPS) is 19.6. The van der Waals surface area contributed by atoms with Crippen molar-refractivity contribution in [2.75, 3.05) is 0 Å². The predicted molar refractivity (Wildman–Crippen MR) is 120 cm³/mol. The molecule has 7 nitrogen and oxygen atoms in total. The summed E-state index contributed by atoms with van der Waals surface area (Å²) in [5.41, 5.74) is 5.52. The molecule has 2 aromatic carbocycles. The number of carbonyl (C=O) groups is 1. The SMILES string of the molecule is Cn1nc2c(c1-c1ccccc1)CC1CCCC2N1C(=O)c1ncn(-c2ccccc2)n1. The van der Waals surface area contributed by atoms with E-state index in [1.807, 2.05) is 53.0 Å². The fourth-order valence-corrected chi connectivity index (χ4v) is 5.29. The minimum Gasteiger partial charge on any atom is -0.324 e. The Labute approximate surface area is 186 Å². The average molecular weight is 425 g/mol. The van der Waals surface area contributed by atoms with E-state index in [1.165, 1.54) is 11.1 Å². The lowest BCUT2D eigenvalue weighted by molar-refractivity contribution is 0.0379. The molecule has 6 rings (SSSR count). The molecule has 32 heavy (non-hydrogen) atoms. The van der Waals surface area contributed by atoms with Crippen molar-refractivity contribution in [3.8, 4) is 16.9 Å². The van der Waals surface area contributed by atoms with Crippen LogP contribution < -0.4 is 0 Å². The van der Waals surface area contributed by atoms with Gasteiger partial charge in [0.25, 0.3) is 5.91 Å². The number of amides is 1. The number of carbonyl (C=O) groups excluding carboxylic acids is 1. The quantitative estimate of drug-likeness (QED) is 0.499. The van der Waals surface area contributed by atoms with Gasteiger partial charge in [0, 0.05) is 24.2 Å². The Kier molecular flexibility index (Phi) is 4.41. The molecule has 7 heteroatoms. The lowest BCUT2D eigenvalue weighted by atomic mass is 9.81. The maximum absolute atomic E-state index is 13.6. The maximum atomic E-state index is 13.6. The van der Waals surface area contributed by atoms with Crippen LogP contribution in [0, 0.1) is 0 Å². The number of benzene rings is 2. The minimum atomic E-state index is -0.105. The van der Waals surface area contributed by atoms with Crippen molar-refractivity contribution >= 4 is 5.91 Å². The van der Waals surface area contributed by atoms with E-state index in [4.69, 9.17) is 5.10 Å². The second-order valence-electron chi connectivity index (χ2n) is 8.57. The summed E-state index contributed by atoms with van der Waals surface area (Å²) < 4.78 is 3.64. The lowest BCUT2D eigenvalue weighted by Gasteiger charge is -2.44. The molecule has 1 fully saturated rings. The Bertz CT molecular complexity index is 1280. The molecule has 2 atom stereocenters. The third-order valence-corrected chi connectivity index (χ3v) is 6.66. The number of fused-ring (bicyclic) bond motifs is 4. The van der Waals surface area contributed by atoms with E-state index in [9.17, 15) is 4.79 Å². The molecule has 2 aliphatic heterocycles. The molecule has 0 radical (unpaired) electrons. The molecular formula is C25H24N6O. The van der Waals surface area contributed by atoms with Crippen molar-refractivity contribution in [2.45, 2.75) is 37.8 Å². The molecule has 0 N–H and O–H groups in total. The first-order valence-corrected chi connectivity index (χ1v) is 11.1. The first-order chi connectivity index (χ1) is 15.7. The number of para-hydroxylation sites is 1. The Morgan fingerprint density at radius 3 is 2.50 bits per heavy atom. The van der Waals surface area contributed by atoms with Crippen LogP contribution in [0.5, 0.6) is 0 Å². The van der Waals surface area contributed by atoms with Crippen LogP contribution in [0.15, 0.2) is 67.0 Å². The molecular weight excluding hydrogens is 400 g/mol. The summed E-state index contributed by atoms with van der Waals surface area (Å²) >= 11 is 0. The van der Waals surface area contributed by atoms with E-state index in [2.05, 4.69) is 34.3 Å². The summed E-state index contributed by atoms with van der Waals surface area (Å²) in [6.07, 6.45) is 5.43. The molecule has 2 bridgehead atoms. The van der Waals surface area contributed by atoms with Gasteiger partial charge in [-0.15, -0.1) is 5.10 Å². The number of rotatable bonds is 3. The molecule has 2 aromatic heterocycles. The lowest BCUT2D eigenvalue weighted by Crippen LogP contribution is -2.50. The van der Waals surface area contributed by atoms with Gasteiger partial charge in [-0.2, -0.15) is 5.10 Å². The van der Waals surface area contributed by atoms with Crippen molar-refractivity contribution in [1.82, 2.24) is 29.4 Å². The highest BCUT2D eigenvalue weighted by Crippen LogP contribution is 2.44. The molecule has 0 aliphatic carbocycles. The van der Waals surface area contributed by atoms with Gasteiger partial charge in [0.1, 0.15) is 6.33 Å². The van der Waals surface area contributed by atoms with Crippen LogP contribution in [0.4, 0.5) is 0 Å². The maximum Gasteiger partial charge on any atom is 0.294 e. The molecule has 1 saturated heterocycles. The van der Waals surface area contributed by atoms with Gasteiger partial charge in [0.2, 0.25) is 5.82 Å². The van der Waals surface area contributed by atoms with Crippen molar-refractivity contribution < 1.29 is 4.79 Å². The summed E-state index contributed by atoms with van der Waals surface area (Å²) in [6, 6.07) is 20.3. The van der Waals surface area contributed by atoms with Gasteiger partial charge in [-0.3, -0.25) is 9.48 Å². The van der Waals surface area contributed by atoms with Crippen LogP contribution >= 0.6 is 0 Å². The Morgan fingerprint density at radius 2 is 1.72 bits per heavy atom. The Morgan fingerprint density at radius 1 is 0.969 bits per heavy atom. The first kappa shape index (κ1) is 19.0. The van der Waals surface area contributed by atoms with Crippen LogP contribution in [0.3, 0.4) is 0 Å². The van der Waals surface area contributed by atoms with Crippen LogP contribution in [0.25, 0.3) is 16.9 Å². The van der Waals surface area contributed by atoms with Gasteiger partial charge in [-0.1, -0.05) is 48.5 Å². The van der Waals surface area contributed by atoms with Gasteiger partial charge < -0.3 is 4.90 Å². The zero-order chi connectivity index (χ0) is 21.7. The number of hydrogen-bond acceptors (Lipinski definition) is 4. The Balaban J connectivity index is 1.37. The number of piperidine rings is 1. The summed E-state index contributed by atoms with van der Waals surface area (Å²) in [4.78, 5) is 19.9. The van der Waals surface area contributed by atoms with E-state index in [1.54, 1.807) is 11.0 Å². The van der Waals surface area contributed by atoms with Crippen LogP contribution in [0.1, 0.15) is 47.2 Å². The first-order valence-electron chi connectivity index (χ1n) is 11.1. The summed E-state index contributed by atoms with van der Waals surface area (Å²) in [5, 5.41) is 9.40. The Hall–Kier alpha value is -3.74. The van der Waals surface area contributed by atoms with E-state index in [0.29, 0.717) is 0 Å². The van der Waals surface area contributed by atoms with Gasteiger partial charge in [0.15, 0.2) is 0 Å². The number of aryl methyl sites for hydroxylation is 1. The van der Waals surface area contributed by atoms with Crippen molar-refractivity contribution in [1.29, 1.82) is 0 Å². The summed E-state index contributed by atoms with van der Waals surface area (Å²) in [6.45, 7) is 0. The summed E-state index contributed by atoms with van der Waals surface area (Å²) in [5.74, 6) is 0.139. The molecule has 0 spiro atoms. The largest absolute Gasteiger partial charge is 0.324 e. The standard InChI is InChI=1S/C25H24N6O/c1-29-23(17-9-4-2-5-10-17)20-15-19-13-8-14-21(22(20)27-29)31(19)25(32)24-26-16-30(28-24)18-11-6-3-7-12-18/h2-7,9-12,16,19,21H,8,13-15H2,1H3. The van der Waals surface area contributed by atoms with Crippen molar-refractivity contribution in [3.05, 3.63) is 84.1 Å². The minimum absolute atomic E-state index is 0.0302. The second-order valence-corrected chi connectivity index (χ2v) is 8.57. The van der Waals surface area contributed by atoms with E-state index < -0.39 is 0 Å². The van der Waals surface area contributed by atoms with Gasteiger partial charge in [0.05, 0.1) is 23.1 Å². The molecule has 2 aliphatic rings. The average Bonchev–Trinajstić information content (AvgIpc) is 3.44. The van der Waals surface area contributed by atoms with E-state index in [0.717, 1.165) is 42.8 Å². The second kappa shape index (κ2) is 7.44. The fraction of sp³-hybridized carbons (Fsp3) is 0.280. The van der Waals surface area contributed by atoms with Gasteiger partial charge >= 0.3 is 0 Å². The third kappa shape index (κ3) is 2.96. The fourth-order valence-electron chi connectivity index (χ4n) is 5.29. The number of hydrogen-bond donors (Lipinski definition) is 0. The van der Waals surface area contributed by atoms with Gasteiger partial charge in [-0.25, -0.2) is 9.67 Å². The highest BCUT2D eigenvalue weighted by atomic mass is 16.2. The summed E-state index contributed by atoms with van der Waals surface area (Å²) in [7, 11) is 2.00. The molecule has 4 aromatic rings. The predicted octanol–water partition coefficient (Wildman–Crippen LogP) is 3.96. The molecule has 0 saturated carbocycles. The van der Waals surface area contributed by atoms with E-state index >= 15 is 0 Å². The zero-order valence-corrected chi connectivity index (χ0v) is 17.9.